The molecule has 0 radical (unpaired) electrons. The summed E-state index contributed by atoms with van der Waals surface area (Å²) in [7, 11) is 0. The van der Waals surface area contributed by atoms with Gasteiger partial charge in [-0.05, 0) is 24.8 Å². The highest BCUT2D eigenvalue weighted by molar-refractivity contribution is 5.93. The van der Waals surface area contributed by atoms with Gasteiger partial charge in [-0.2, -0.15) is 0 Å². The van der Waals surface area contributed by atoms with Crippen molar-refractivity contribution in [2.45, 2.75) is 47.1 Å². The summed E-state index contributed by atoms with van der Waals surface area (Å²) in [6, 6.07) is 7.59. The van der Waals surface area contributed by atoms with Gasteiger partial charge in [-0.1, -0.05) is 45.9 Å². The molecule has 1 aliphatic rings. The van der Waals surface area contributed by atoms with Crippen LogP contribution in [0.4, 0.5) is 0 Å². The highest BCUT2D eigenvalue weighted by atomic mass is 16.6. The molecular weight excluding hydrogens is 308 g/mol. The molecule has 1 unspecified atom stereocenters. The zero-order chi connectivity index (χ0) is 17.9. The number of hydrogen-bond donors (Lipinski definition) is 0. The lowest BCUT2D eigenvalue weighted by Crippen LogP contribution is -2.05. The van der Waals surface area contributed by atoms with Crippen molar-refractivity contribution >= 4 is 5.97 Å². The van der Waals surface area contributed by atoms with E-state index in [0.717, 1.165) is 17.5 Å². The fraction of sp³-hybridized carbons (Fsp3) is 0.474. The second-order valence-corrected chi connectivity index (χ2v) is 6.69. The van der Waals surface area contributed by atoms with E-state index in [1.54, 1.807) is 6.92 Å². The van der Waals surface area contributed by atoms with Crippen LogP contribution in [-0.4, -0.2) is 5.97 Å². The van der Waals surface area contributed by atoms with Crippen molar-refractivity contribution in [3.8, 4) is 0 Å². The minimum atomic E-state index is -0.599. The first kappa shape index (κ1) is 18.0. The molecule has 0 saturated heterocycles. The molecule has 1 aromatic carbocycles. The molecule has 1 atom stereocenters. The Balaban J connectivity index is 0.000000177. The molecule has 0 spiro atoms. The Labute approximate surface area is 141 Å². The van der Waals surface area contributed by atoms with Gasteiger partial charge in [0.2, 0.25) is 0 Å². The van der Waals surface area contributed by atoms with E-state index < -0.39 is 5.82 Å². The number of cyclic esters (lactones) is 1. The molecular formula is C19H24O5. The van der Waals surface area contributed by atoms with Crippen LogP contribution < -0.4 is 5.82 Å². The Morgan fingerprint density at radius 1 is 1.04 bits per heavy atom. The van der Waals surface area contributed by atoms with Gasteiger partial charge in [0.1, 0.15) is 17.6 Å². The number of carbonyl (C=O) groups is 1. The topological polar surface area (TPSA) is 69.7 Å². The SMILES string of the molecule is CC(C)C1OC(=O)c2ccccc21.Cc1oc(=O)oc1CC(C)C. The highest BCUT2D eigenvalue weighted by Crippen LogP contribution is 2.35. The number of carbonyl (C=O) groups excluding carboxylic acids is 1. The molecule has 0 aliphatic carbocycles. The van der Waals surface area contributed by atoms with Crippen molar-refractivity contribution < 1.29 is 18.4 Å². The van der Waals surface area contributed by atoms with Crippen LogP contribution in [0.5, 0.6) is 0 Å². The Kier molecular flexibility index (Phi) is 5.65. The lowest BCUT2D eigenvalue weighted by atomic mass is 9.97. The smallest absolute Gasteiger partial charge is 0.454 e. The Bertz CT molecular complexity index is 751. The normalized spacial score (nSPS) is 16.0. The summed E-state index contributed by atoms with van der Waals surface area (Å²) in [5.74, 6) is 1.31. The minimum Gasteiger partial charge on any atom is -0.454 e. The van der Waals surface area contributed by atoms with Crippen molar-refractivity contribution in [3.63, 3.8) is 0 Å². The molecule has 0 bridgehead atoms. The van der Waals surface area contributed by atoms with Crippen molar-refractivity contribution in [1.29, 1.82) is 0 Å². The standard InChI is InChI=1S/C11H12O2.C8H12O3/c1-7(2)10-8-5-3-4-6-9(8)11(12)13-10;1-5(2)4-7-6(3)10-8(9)11-7/h3-7,10H,1-2H3;5H,4H2,1-3H3. The molecule has 2 heterocycles. The lowest BCUT2D eigenvalue weighted by Gasteiger charge is -2.13. The van der Waals surface area contributed by atoms with E-state index in [4.69, 9.17) is 13.6 Å². The van der Waals surface area contributed by atoms with Gasteiger partial charge in [0.25, 0.3) is 0 Å². The van der Waals surface area contributed by atoms with Crippen LogP contribution in [0.25, 0.3) is 0 Å². The van der Waals surface area contributed by atoms with E-state index in [1.807, 2.05) is 24.3 Å². The van der Waals surface area contributed by atoms with Gasteiger partial charge in [-0.25, -0.2) is 9.59 Å². The van der Waals surface area contributed by atoms with Crippen LogP contribution >= 0.6 is 0 Å². The Morgan fingerprint density at radius 3 is 2.25 bits per heavy atom. The third kappa shape index (κ3) is 4.16. The number of fused-ring (bicyclic) bond motifs is 1. The molecule has 1 aliphatic heterocycles. The first-order chi connectivity index (χ1) is 11.3. The number of ether oxygens (including phenoxy) is 1. The molecule has 0 fully saturated rings. The van der Waals surface area contributed by atoms with Crippen molar-refractivity contribution in [1.82, 2.24) is 0 Å². The number of hydrogen-bond acceptors (Lipinski definition) is 5. The largest absolute Gasteiger partial charge is 0.519 e. The summed E-state index contributed by atoms with van der Waals surface area (Å²) < 4.78 is 14.8. The van der Waals surface area contributed by atoms with Crippen LogP contribution in [-0.2, 0) is 11.2 Å². The van der Waals surface area contributed by atoms with Crippen molar-refractivity contribution in [2.75, 3.05) is 0 Å². The molecule has 0 saturated carbocycles. The van der Waals surface area contributed by atoms with Gasteiger partial charge in [-0.3, -0.25) is 0 Å². The second kappa shape index (κ2) is 7.51. The lowest BCUT2D eigenvalue weighted by molar-refractivity contribution is 0.0280. The van der Waals surface area contributed by atoms with Crippen LogP contribution in [0.1, 0.15) is 61.2 Å². The Hall–Kier alpha value is -2.30. The van der Waals surface area contributed by atoms with Crippen LogP contribution in [0, 0.1) is 18.8 Å². The van der Waals surface area contributed by atoms with Crippen LogP contribution in [0.3, 0.4) is 0 Å². The van der Waals surface area contributed by atoms with E-state index in [1.165, 1.54) is 0 Å². The third-order valence-electron chi connectivity index (χ3n) is 3.76. The summed E-state index contributed by atoms with van der Waals surface area (Å²) in [5.41, 5.74) is 1.75. The number of esters is 1. The summed E-state index contributed by atoms with van der Waals surface area (Å²) >= 11 is 0. The molecule has 0 N–H and O–H groups in total. The predicted molar refractivity (Wildman–Crippen MR) is 90.0 cm³/mol. The molecule has 1 aromatic heterocycles. The van der Waals surface area contributed by atoms with Crippen LogP contribution in [0.15, 0.2) is 37.9 Å². The molecule has 24 heavy (non-hydrogen) atoms. The number of rotatable bonds is 3. The predicted octanol–water partition coefficient (Wildman–Crippen LogP) is 4.29. The van der Waals surface area contributed by atoms with Gasteiger partial charge in [0, 0.05) is 12.0 Å². The van der Waals surface area contributed by atoms with Crippen LogP contribution in [0.2, 0.25) is 0 Å². The van der Waals surface area contributed by atoms with Crippen molar-refractivity contribution in [2.24, 2.45) is 11.8 Å². The second-order valence-electron chi connectivity index (χ2n) is 6.69. The maximum Gasteiger partial charge on any atom is 0.519 e. The highest BCUT2D eigenvalue weighted by Gasteiger charge is 2.32. The summed E-state index contributed by atoms with van der Waals surface area (Å²) in [6.45, 7) is 9.97. The maximum atomic E-state index is 11.4. The molecule has 5 nitrogen and oxygen atoms in total. The monoisotopic (exact) mass is 332 g/mol. The third-order valence-corrected chi connectivity index (χ3v) is 3.76. The van der Waals surface area contributed by atoms with Gasteiger partial charge < -0.3 is 13.6 Å². The summed E-state index contributed by atoms with van der Waals surface area (Å²) in [5, 5.41) is 0. The molecule has 130 valence electrons. The first-order valence-electron chi connectivity index (χ1n) is 8.19. The summed E-state index contributed by atoms with van der Waals surface area (Å²) in [6.07, 6.45) is 0.709. The van der Waals surface area contributed by atoms with Crippen molar-refractivity contribution in [3.05, 3.63) is 57.5 Å². The molecule has 2 aromatic rings. The molecule has 5 heteroatoms. The first-order valence-corrected chi connectivity index (χ1v) is 8.19. The van der Waals surface area contributed by atoms with E-state index in [-0.39, 0.29) is 12.1 Å². The average Bonchev–Trinajstić information content (AvgIpc) is 3.00. The number of benzene rings is 1. The quantitative estimate of drug-likeness (QED) is 0.784. The van der Waals surface area contributed by atoms with Gasteiger partial charge >= 0.3 is 11.8 Å². The number of aryl methyl sites for hydroxylation is 1. The molecule has 0 amide bonds. The average molecular weight is 332 g/mol. The van der Waals surface area contributed by atoms with Gasteiger partial charge in [0.15, 0.2) is 0 Å². The zero-order valence-corrected chi connectivity index (χ0v) is 14.8. The van der Waals surface area contributed by atoms with E-state index >= 15 is 0 Å². The van der Waals surface area contributed by atoms with E-state index in [2.05, 4.69) is 27.7 Å². The fourth-order valence-corrected chi connectivity index (χ4v) is 2.60. The van der Waals surface area contributed by atoms with Gasteiger partial charge in [0.05, 0.1) is 5.56 Å². The summed E-state index contributed by atoms with van der Waals surface area (Å²) in [4.78, 5) is 21.9. The van der Waals surface area contributed by atoms with E-state index in [9.17, 15) is 9.59 Å². The molecule has 3 rings (SSSR count). The zero-order valence-electron chi connectivity index (χ0n) is 14.8. The Morgan fingerprint density at radius 2 is 1.71 bits per heavy atom. The van der Waals surface area contributed by atoms with E-state index in [0.29, 0.717) is 23.4 Å². The van der Waals surface area contributed by atoms with Gasteiger partial charge in [-0.15, -0.1) is 0 Å². The fourth-order valence-electron chi connectivity index (χ4n) is 2.60. The minimum absolute atomic E-state index is 0.0521. The maximum absolute atomic E-state index is 11.4.